The Hall–Kier alpha value is -2.51. The molecule has 0 saturated heterocycles. The highest BCUT2D eigenvalue weighted by Gasteiger charge is 2.16. The van der Waals surface area contributed by atoms with Gasteiger partial charge in [-0.15, -0.1) is 0 Å². The van der Waals surface area contributed by atoms with Crippen LogP contribution in [-0.2, 0) is 6.54 Å². The van der Waals surface area contributed by atoms with Crippen molar-refractivity contribution < 1.29 is 9.31 Å². The van der Waals surface area contributed by atoms with Gasteiger partial charge >= 0.3 is 0 Å². The Morgan fingerprint density at radius 1 is 1.56 bits per heavy atom. The fourth-order valence-electron chi connectivity index (χ4n) is 1.46. The quantitative estimate of drug-likeness (QED) is 0.637. The van der Waals surface area contributed by atoms with E-state index in [-0.39, 0.29) is 17.9 Å². The molecule has 0 atom stereocenters. The van der Waals surface area contributed by atoms with E-state index in [4.69, 9.17) is 0 Å². The van der Waals surface area contributed by atoms with Gasteiger partial charge in [-0.1, -0.05) is 0 Å². The Labute approximate surface area is 101 Å². The van der Waals surface area contributed by atoms with Crippen LogP contribution in [0.1, 0.15) is 11.4 Å². The highest BCUT2D eigenvalue weighted by atomic mass is 19.1. The number of anilines is 1. The molecule has 0 radical (unpaired) electrons. The highest BCUT2D eigenvalue weighted by molar-refractivity contribution is 5.62. The second kappa shape index (κ2) is 4.78. The van der Waals surface area contributed by atoms with Gasteiger partial charge in [-0.05, 0) is 18.6 Å². The third kappa shape index (κ3) is 2.42. The zero-order chi connectivity index (χ0) is 13.1. The lowest BCUT2D eigenvalue weighted by Gasteiger charge is -2.07. The molecule has 2 rings (SSSR count). The van der Waals surface area contributed by atoms with Crippen LogP contribution in [0.5, 0.6) is 0 Å². The summed E-state index contributed by atoms with van der Waals surface area (Å²) >= 11 is 0. The zero-order valence-corrected chi connectivity index (χ0v) is 9.48. The number of H-pyrrole nitrogens is 1. The van der Waals surface area contributed by atoms with Gasteiger partial charge in [-0.2, -0.15) is 5.10 Å². The lowest BCUT2D eigenvalue weighted by atomic mass is 10.2. The molecule has 18 heavy (non-hydrogen) atoms. The molecule has 0 unspecified atom stereocenters. The SMILES string of the molecule is Cc1cc(NCc2ncn[nH]2)c([N+](=O)[O-])cc1F. The second-order valence-electron chi connectivity index (χ2n) is 3.66. The first-order valence-corrected chi connectivity index (χ1v) is 5.10. The maximum absolute atomic E-state index is 13.3. The molecule has 0 saturated carbocycles. The van der Waals surface area contributed by atoms with Crippen LogP contribution >= 0.6 is 0 Å². The van der Waals surface area contributed by atoms with Crippen LogP contribution < -0.4 is 5.32 Å². The first-order valence-electron chi connectivity index (χ1n) is 5.10. The number of nitrogens with one attached hydrogen (secondary N) is 2. The monoisotopic (exact) mass is 251 g/mol. The van der Waals surface area contributed by atoms with Gasteiger partial charge in [0.1, 0.15) is 23.7 Å². The number of rotatable bonds is 4. The number of nitrogens with zero attached hydrogens (tertiary/aromatic N) is 3. The van der Waals surface area contributed by atoms with E-state index in [2.05, 4.69) is 20.5 Å². The van der Waals surface area contributed by atoms with E-state index in [0.717, 1.165) is 6.07 Å². The highest BCUT2D eigenvalue weighted by Crippen LogP contribution is 2.27. The molecule has 0 aliphatic rings. The van der Waals surface area contributed by atoms with Gasteiger partial charge in [-0.3, -0.25) is 15.2 Å². The summed E-state index contributed by atoms with van der Waals surface area (Å²) in [5, 5.41) is 19.9. The van der Waals surface area contributed by atoms with Crippen molar-refractivity contribution in [2.75, 3.05) is 5.32 Å². The lowest BCUT2D eigenvalue weighted by molar-refractivity contribution is -0.384. The maximum Gasteiger partial charge on any atom is 0.295 e. The van der Waals surface area contributed by atoms with Crippen LogP contribution in [0.2, 0.25) is 0 Å². The molecule has 0 aliphatic heterocycles. The van der Waals surface area contributed by atoms with E-state index in [1.807, 2.05) is 0 Å². The molecule has 0 fully saturated rings. The standard InChI is InChI=1S/C10H10FN5O2/c1-6-2-8(9(16(17)18)3-7(6)11)12-4-10-13-5-14-15-10/h2-3,5,12H,4H2,1H3,(H,13,14,15). The Kier molecular flexibility index (Phi) is 3.18. The van der Waals surface area contributed by atoms with Crippen molar-refractivity contribution in [3.8, 4) is 0 Å². The Balaban J connectivity index is 2.25. The van der Waals surface area contributed by atoms with Crippen LogP contribution in [0.25, 0.3) is 0 Å². The van der Waals surface area contributed by atoms with E-state index in [9.17, 15) is 14.5 Å². The molecule has 1 aromatic carbocycles. The largest absolute Gasteiger partial charge is 0.372 e. The third-order valence-electron chi connectivity index (χ3n) is 2.38. The number of nitro benzene ring substituents is 1. The summed E-state index contributed by atoms with van der Waals surface area (Å²) in [7, 11) is 0. The van der Waals surface area contributed by atoms with Gasteiger partial charge in [0.2, 0.25) is 0 Å². The second-order valence-corrected chi connectivity index (χ2v) is 3.66. The fraction of sp³-hybridized carbons (Fsp3) is 0.200. The number of aromatic amines is 1. The molecule has 0 amide bonds. The first kappa shape index (κ1) is 12.0. The first-order chi connectivity index (χ1) is 8.58. The van der Waals surface area contributed by atoms with Gasteiger partial charge in [0.05, 0.1) is 17.5 Å². The van der Waals surface area contributed by atoms with E-state index in [0.29, 0.717) is 11.4 Å². The van der Waals surface area contributed by atoms with E-state index in [1.54, 1.807) is 6.92 Å². The molecule has 7 nitrogen and oxygen atoms in total. The molecule has 2 N–H and O–H groups in total. The van der Waals surface area contributed by atoms with Gasteiger partial charge < -0.3 is 5.32 Å². The van der Waals surface area contributed by atoms with Crippen molar-refractivity contribution in [2.24, 2.45) is 0 Å². The Bertz CT molecular complexity index is 570. The van der Waals surface area contributed by atoms with E-state index in [1.165, 1.54) is 12.4 Å². The van der Waals surface area contributed by atoms with Crippen molar-refractivity contribution >= 4 is 11.4 Å². The zero-order valence-electron chi connectivity index (χ0n) is 9.48. The summed E-state index contributed by atoms with van der Waals surface area (Å²) in [6, 6.07) is 2.29. The van der Waals surface area contributed by atoms with Crippen molar-refractivity contribution in [3.63, 3.8) is 0 Å². The number of aromatic nitrogens is 3. The predicted molar refractivity (Wildman–Crippen MR) is 61.5 cm³/mol. The van der Waals surface area contributed by atoms with Crippen LogP contribution in [0.4, 0.5) is 15.8 Å². The number of hydrogen-bond acceptors (Lipinski definition) is 5. The third-order valence-corrected chi connectivity index (χ3v) is 2.38. The minimum Gasteiger partial charge on any atom is -0.372 e. The molecule has 0 bridgehead atoms. The minimum atomic E-state index is -0.634. The summed E-state index contributed by atoms with van der Waals surface area (Å²) in [4.78, 5) is 14.0. The molecular weight excluding hydrogens is 241 g/mol. The number of aryl methyl sites for hydroxylation is 1. The molecule has 1 aromatic heterocycles. The van der Waals surface area contributed by atoms with Crippen LogP contribution in [0, 0.1) is 22.9 Å². The molecule has 94 valence electrons. The smallest absolute Gasteiger partial charge is 0.295 e. The maximum atomic E-state index is 13.3. The van der Waals surface area contributed by atoms with Crippen molar-refractivity contribution in [1.29, 1.82) is 0 Å². The fourth-order valence-corrected chi connectivity index (χ4v) is 1.46. The minimum absolute atomic E-state index is 0.242. The van der Waals surface area contributed by atoms with Crippen molar-refractivity contribution in [3.05, 3.63) is 45.8 Å². The Morgan fingerprint density at radius 3 is 2.94 bits per heavy atom. The normalized spacial score (nSPS) is 10.3. The molecule has 8 heteroatoms. The van der Waals surface area contributed by atoms with Crippen molar-refractivity contribution in [2.45, 2.75) is 13.5 Å². The number of hydrogen-bond donors (Lipinski definition) is 2. The molecule has 0 aliphatic carbocycles. The summed E-state index contributed by atoms with van der Waals surface area (Å²) < 4.78 is 13.3. The van der Waals surface area contributed by atoms with Crippen LogP contribution in [-0.4, -0.2) is 20.1 Å². The number of nitro groups is 1. The average Bonchev–Trinajstić information content (AvgIpc) is 2.83. The van der Waals surface area contributed by atoms with Gasteiger partial charge in [0.15, 0.2) is 0 Å². The topological polar surface area (TPSA) is 96.7 Å². The molecular formula is C10H10FN5O2. The van der Waals surface area contributed by atoms with Gasteiger partial charge in [0.25, 0.3) is 5.69 Å². The van der Waals surface area contributed by atoms with Crippen molar-refractivity contribution in [1.82, 2.24) is 15.2 Å². The predicted octanol–water partition coefficient (Wildman–Crippen LogP) is 1.77. The average molecular weight is 251 g/mol. The molecule has 1 heterocycles. The van der Waals surface area contributed by atoms with Gasteiger partial charge in [0, 0.05) is 0 Å². The summed E-state index contributed by atoms with van der Waals surface area (Å²) in [5.74, 6) is -0.0711. The van der Waals surface area contributed by atoms with E-state index < -0.39 is 10.7 Å². The van der Waals surface area contributed by atoms with E-state index >= 15 is 0 Å². The molecule has 2 aromatic rings. The summed E-state index contributed by atoms with van der Waals surface area (Å²) in [5.41, 5.74) is 0.272. The number of benzene rings is 1. The number of halogens is 1. The van der Waals surface area contributed by atoms with Gasteiger partial charge in [-0.25, -0.2) is 9.37 Å². The van der Waals surface area contributed by atoms with Crippen LogP contribution in [0.3, 0.4) is 0 Å². The Morgan fingerprint density at radius 2 is 2.33 bits per heavy atom. The lowest BCUT2D eigenvalue weighted by Crippen LogP contribution is -2.05. The molecule has 0 spiro atoms. The summed E-state index contributed by atoms with van der Waals surface area (Å²) in [6.45, 7) is 1.78. The van der Waals surface area contributed by atoms with Crippen LogP contribution in [0.15, 0.2) is 18.5 Å². The summed E-state index contributed by atoms with van der Waals surface area (Å²) in [6.07, 6.45) is 1.33.